The highest BCUT2D eigenvalue weighted by Gasteiger charge is 2.32. The van der Waals surface area contributed by atoms with E-state index in [0.29, 0.717) is 53.1 Å². The predicted octanol–water partition coefficient (Wildman–Crippen LogP) is 3.46. The van der Waals surface area contributed by atoms with Crippen LogP contribution in [-0.4, -0.2) is 57.8 Å². The van der Waals surface area contributed by atoms with Crippen LogP contribution in [-0.2, 0) is 4.79 Å². The highest BCUT2D eigenvalue weighted by molar-refractivity contribution is 7.20. The number of thiophene rings is 1. The van der Waals surface area contributed by atoms with Gasteiger partial charge in [0.25, 0.3) is 11.5 Å². The molecule has 2 aromatic heterocycles. The lowest BCUT2D eigenvalue weighted by Crippen LogP contribution is -2.45. The molecule has 0 aliphatic carbocycles. The highest BCUT2D eigenvalue weighted by atomic mass is 32.1. The van der Waals surface area contributed by atoms with Crippen LogP contribution in [0.4, 0.5) is 0 Å². The van der Waals surface area contributed by atoms with Crippen LogP contribution in [0.1, 0.15) is 40.1 Å². The molecule has 0 saturated carbocycles. The van der Waals surface area contributed by atoms with E-state index in [0.717, 1.165) is 13.0 Å². The van der Waals surface area contributed by atoms with Crippen molar-refractivity contribution in [2.75, 3.05) is 26.2 Å². The van der Waals surface area contributed by atoms with Gasteiger partial charge >= 0.3 is 0 Å². The number of nitrogens with zero attached hydrogens (tertiary/aromatic N) is 3. The number of fused-ring (bicyclic) bond motifs is 1. The van der Waals surface area contributed by atoms with Crippen LogP contribution in [0, 0.1) is 12.8 Å². The molecule has 0 radical (unpaired) electrons. The van der Waals surface area contributed by atoms with Gasteiger partial charge in [0.15, 0.2) is 0 Å². The van der Waals surface area contributed by atoms with Crippen molar-refractivity contribution in [2.24, 2.45) is 5.92 Å². The molecule has 0 bridgehead atoms. The first-order valence-corrected chi connectivity index (χ1v) is 12.1. The molecule has 170 valence electrons. The number of hydrogen-bond acceptors (Lipinski definition) is 5. The Labute approximate surface area is 195 Å². The summed E-state index contributed by atoms with van der Waals surface area (Å²) >= 11 is 1.26. The van der Waals surface area contributed by atoms with E-state index in [1.807, 2.05) is 23.1 Å². The summed E-state index contributed by atoms with van der Waals surface area (Å²) in [5.41, 5.74) is 2.99. The standard InChI is InChI=1S/C25H26N4O3S/c1-16-20-22(30)26-15-27-23(20)33-21(16)25(32)29-13-9-19(10-14-29)24(31)28-11-7-18(8-12-28)17-5-3-2-4-6-17/h2-7,15,19H,8-14H2,1H3,(H,26,27,30). The second-order valence-corrected chi connectivity index (χ2v) is 9.66. The molecular weight excluding hydrogens is 436 g/mol. The average Bonchev–Trinajstić information content (AvgIpc) is 3.21. The fourth-order valence-electron chi connectivity index (χ4n) is 4.80. The van der Waals surface area contributed by atoms with Crippen molar-refractivity contribution in [3.8, 4) is 0 Å². The third-order valence-electron chi connectivity index (χ3n) is 6.72. The Morgan fingerprint density at radius 1 is 1.09 bits per heavy atom. The Kier molecular flexibility index (Phi) is 5.85. The van der Waals surface area contributed by atoms with Crippen LogP contribution in [0.25, 0.3) is 15.8 Å². The molecule has 2 aliphatic rings. The number of nitrogens with one attached hydrogen (secondary N) is 1. The zero-order valence-corrected chi connectivity index (χ0v) is 19.4. The van der Waals surface area contributed by atoms with Crippen molar-refractivity contribution in [1.82, 2.24) is 19.8 Å². The van der Waals surface area contributed by atoms with Gasteiger partial charge in [-0.2, -0.15) is 0 Å². The molecule has 1 aromatic carbocycles. The van der Waals surface area contributed by atoms with Crippen molar-refractivity contribution in [3.63, 3.8) is 0 Å². The van der Waals surface area contributed by atoms with E-state index in [1.165, 1.54) is 28.8 Å². The summed E-state index contributed by atoms with van der Waals surface area (Å²) in [4.78, 5) is 50.0. The van der Waals surface area contributed by atoms with Crippen molar-refractivity contribution >= 4 is 38.9 Å². The lowest BCUT2D eigenvalue weighted by molar-refractivity contribution is -0.136. The Balaban J connectivity index is 1.21. The number of likely N-dealkylation sites (tertiary alicyclic amines) is 1. The lowest BCUT2D eigenvalue weighted by atomic mass is 9.93. The number of H-pyrrole nitrogens is 1. The van der Waals surface area contributed by atoms with E-state index in [4.69, 9.17) is 0 Å². The monoisotopic (exact) mass is 462 g/mol. The van der Waals surface area contributed by atoms with Crippen LogP contribution in [0.2, 0.25) is 0 Å². The zero-order chi connectivity index (χ0) is 22.9. The SMILES string of the molecule is Cc1c(C(=O)N2CCC(C(=O)N3CC=C(c4ccccc4)CC3)CC2)sc2nc[nH]c(=O)c12. The maximum absolute atomic E-state index is 13.1. The normalized spacial score (nSPS) is 17.3. The van der Waals surface area contributed by atoms with Gasteiger partial charge in [0.1, 0.15) is 4.83 Å². The fourth-order valence-corrected chi connectivity index (χ4v) is 5.92. The summed E-state index contributed by atoms with van der Waals surface area (Å²) in [5.74, 6) is 0.0715. The van der Waals surface area contributed by atoms with Gasteiger partial charge in [-0.1, -0.05) is 36.4 Å². The number of carbonyl (C=O) groups is 2. The molecule has 33 heavy (non-hydrogen) atoms. The van der Waals surface area contributed by atoms with Crippen molar-refractivity contribution in [3.05, 3.63) is 69.1 Å². The molecule has 2 amide bonds. The summed E-state index contributed by atoms with van der Waals surface area (Å²) in [6, 6.07) is 10.3. The van der Waals surface area contributed by atoms with E-state index < -0.39 is 0 Å². The number of benzene rings is 1. The van der Waals surface area contributed by atoms with Crippen LogP contribution in [0.15, 0.2) is 47.5 Å². The zero-order valence-electron chi connectivity index (χ0n) is 18.5. The predicted molar refractivity (Wildman–Crippen MR) is 129 cm³/mol. The number of carbonyl (C=O) groups excluding carboxylic acids is 2. The minimum Gasteiger partial charge on any atom is -0.338 e. The molecule has 1 fully saturated rings. The number of aryl methyl sites for hydroxylation is 1. The Bertz CT molecular complexity index is 1290. The summed E-state index contributed by atoms with van der Waals surface area (Å²) in [5, 5.41) is 0.490. The Hall–Kier alpha value is -3.26. The second-order valence-electron chi connectivity index (χ2n) is 8.66. The van der Waals surface area contributed by atoms with E-state index >= 15 is 0 Å². The quantitative estimate of drug-likeness (QED) is 0.646. The maximum Gasteiger partial charge on any atom is 0.264 e. The minimum atomic E-state index is -0.219. The third-order valence-corrected chi connectivity index (χ3v) is 7.91. The summed E-state index contributed by atoms with van der Waals surface area (Å²) < 4.78 is 0. The van der Waals surface area contributed by atoms with Crippen LogP contribution < -0.4 is 5.56 Å². The molecule has 0 spiro atoms. The number of rotatable bonds is 3. The first-order valence-electron chi connectivity index (χ1n) is 11.3. The highest BCUT2D eigenvalue weighted by Crippen LogP contribution is 2.30. The molecule has 1 saturated heterocycles. The van der Waals surface area contributed by atoms with Gasteiger partial charge in [0, 0.05) is 32.1 Å². The molecule has 0 atom stereocenters. The van der Waals surface area contributed by atoms with E-state index in [-0.39, 0.29) is 23.3 Å². The largest absolute Gasteiger partial charge is 0.338 e. The van der Waals surface area contributed by atoms with E-state index in [2.05, 4.69) is 28.2 Å². The molecule has 1 N–H and O–H groups in total. The van der Waals surface area contributed by atoms with Gasteiger partial charge in [-0.25, -0.2) is 4.98 Å². The van der Waals surface area contributed by atoms with Crippen LogP contribution in [0.3, 0.4) is 0 Å². The van der Waals surface area contributed by atoms with Crippen molar-refractivity contribution in [2.45, 2.75) is 26.2 Å². The first kappa shape index (κ1) is 21.6. The molecule has 7 nitrogen and oxygen atoms in total. The van der Waals surface area contributed by atoms with Gasteiger partial charge < -0.3 is 14.8 Å². The maximum atomic E-state index is 13.1. The average molecular weight is 463 g/mol. The van der Waals surface area contributed by atoms with E-state index in [9.17, 15) is 14.4 Å². The van der Waals surface area contributed by atoms with Gasteiger partial charge in [-0.3, -0.25) is 14.4 Å². The minimum absolute atomic E-state index is 0.0475. The topological polar surface area (TPSA) is 86.4 Å². The lowest BCUT2D eigenvalue weighted by Gasteiger charge is -2.35. The number of amides is 2. The first-order chi connectivity index (χ1) is 16.0. The van der Waals surface area contributed by atoms with Crippen LogP contribution in [0.5, 0.6) is 0 Å². The third kappa shape index (κ3) is 4.11. The number of aromatic amines is 1. The molecular formula is C25H26N4O3S. The number of hydrogen-bond donors (Lipinski definition) is 1. The molecule has 4 heterocycles. The van der Waals surface area contributed by atoms with Gasteiger partial charge in [-0.15, -0.1) is 11.3 Å². The Morgan fingerprint density at radius 3 is 2.52 bits per heavy atom. The van der Waals surface area contributed by atoms with Crippen molar-refractivity contribution < 1.29 is 9.59 Å². The van der Waals surface area contributed by atoms with Gasteiger partial charge in [0.2, 0.25) is 5.91 Å². The molecule has 5 rings (SSSR count). The molecule has 2 aliphatic heterocycles. The smallest absolute Gasteiger partial charge is 0.264 e. The molecule has 8 heteroatoms. The molecule has 3 aromatic rings. The number of piperidine rings is 1. The van der Waals surface area contributed by atoms with Gasteiger partial charge in [0.05, 0.1) is 16.6 Å². The van der Waals surface area contributed by atoms with E-state index in [1.54, 1.807) is 11.8 Å². The second kappa shape index (κ2) is 8.94. The fraction of sp³-hybridized carbons (Fsp3) is 0.360. The summed E-state index contributed by atoms with van der Waals surface area (Å²) in [6.07, 6.45) is 5.73. The summed E-state index contributed by atoms with van der Waals surface area (Å²) in [7, 11) is 0. The van der Waals surface area contributed by atoms with Crippen LogP contribution >= 0.6 is 11.3 Å². The molecule has 0 unspecified atom stereocenters. The Morgan fingerprint density at radius 2 is 1.85 bits per heavy atom. The number of aromatic nitrogens is 2. The summed E-state index contributed by atoms with van der Waals surface area (Å²) in [6.45, 7) is 4.27. The van der Waals surface area contributed by atoms with Gasteiger partial charge in [-0.05, 0) is 42.9 Å². The van der Waals surface area contributed by atoms with Crippen molar-refractivity contribution in [1.29, 1.82) is 0 Å².